The first-order valence-corrected chi connectivity index (χ1v) is 34.1. The van der Waals surface area contributed by atoms with E-state index in [-0.39, 0.29) is 13.4 Å². The van der Waals surface area contributed by atoms with Crippen molar-refractivity contribution in [3.8, 4) is 28.2 Å². The summed E-state index contributed by atoms with van der Waals surface area (Å²) in [7, 11) is 0. The fourth-order valence-electron chi connectivity index (χ4n) is 15.3. The van der Waals surface area contributed by atoms with Gasteiger partial charge in [-0.15, -0.1) is 0 Å². The van der Waals surface area contributed by atoms with Gasteiger partial charge in [0.1, 0.15) is 5.82 Å². The number of anilines is 12. The van der Waals surface area contributed by atoms with Crippen LogP contribution < -0.4 is 52.4 Å². The summed E-state index contributed by atoms with van der Waals surface area (Å²) in [5, 5.41) is 0. The number of imidazole rings is 1. The number of aromatic nitrogens is 2. The zero-order valence-corrected chi connectivity index (χ0v) is 53.1. The Morgan fingerprint density at radius 2 is 0.684 bits per heavy atom. The number of hydrogen-bond donors (Lipinski definition) is 0. The maximum Gasteiger partial charge on any atom is 0.249 e. The molecule has 6 nitrogen and oxygen atoms in total. The zero-order chi connectivity index (χ0) is 62.5. The second-order valence-electron chi connectivity index (χ2n) is 24.5. The summed E-state index contributed by atoms with van der Waals surface area (Å²) < 4.78 is 2.37. The van der Waals surface area contributed by atoms with Gasteiger partial charge in [-0.3, -0.25) is 4.57 Å². The Kier molecular flexibility index (Phi) is 13.2. The topological polar surface area (TPSA) is 30.8 Å². The van der Waals surface area contributed by atoms with Crippen molar-refractivity contribution >= 4 is 149 Å². The number of para-hydroxylation sites is 10. The lowest BCUT2D eigenvalue weighted by Gasteiger charge is -2.44. The smallest absolute Gasteiger partial charge is 0.249 e. The number of benzene rings is 14. The average molecular weight is 1250 g/mol. The summed E-state index contributed by atoms with van der Waals surface area (Å²) in [5.74, 6) is 0.894. The van der Waals surface area contributed by atoms with Gasteiger partial charge in [0.05, 0.1) is 11.0 Å². The van der Waals surface area contributed by atoms with Gasteiger partial charge in [0, 0.05) is 110 Å². The predicted octanol–water partition coefficient (Wildman–Crippen LogP) is 18.8. The molecule has 95 heavy (non-hydrogen) atoms. The largest absolute Gasteiger partial charge is 0.311 e. The summed E-state index contributed by atoms with van der Waals surface area (Å²) in [5.41, 5.74) is 27.5. The summed E-state index contributed by atoms with van der Waals surface area (Å²) in [6.45, 7) is -0.321. The molecule has 14 aromatic carbocycles. The van der Waals surface area contributed by atoms with Crippen molar-refractivity contribution in [2.75, 3.05) is 19.6 Å². The molecule has 10 heteroatoms. The van der Waals surface area contributed by atoms with Crippen LogP contribution in [0.25, 0.3) is 39.2 Å². The number of fused-ring (bicyclic) bond motifs is 9. The van der Waals surface area contributed by atoms with E-state index < -0.39 is 0 Å². The maximum atomic E-state index is 5.94. The van der Waals surface area contributed by atoms with E-state index in [0.29, 0.717) is 0 Å². The van der Waals surface area contributed by atoms with Crippen LogP contribution in [0.2, 0.25) is 0 Å². The van der Waals surface area contributed by atoms with Crippen LogP contribution in [0, 0.1) is 0 Å². The predicted molar refractivity (Wildman–Crippen MR) is 401 cm³/mol. The Hall–Kier alpha value is -11.4. The fraction of sp³-hybridized carbons (Fsp3) is 0. The normalized spacial score (nSPS) is 12.9. The molecule has 15 aromatic rings. The highest BCUT2D eigenvalue weighted by molar-refractivity contribution is 8.01. The summed E-state index contributed by atoms with van der Waals surface area (Å²) >= 11 is 3.85. The molecule has 5 heterocycles. The molecule has 0 saturated carbocycles. The molecule has 0 N–H and O–H groups in total. The third-order valence-corrected chi connectivity index (χ3v) is 21.6. The maximum absolute atomic E-state index is 5.94. The number of nitrogens with zero attached hydrogens (tertiary/aromatic N) is 6. The lowest BCUT2D eigenvalue weighted by molar-refractivity contribution is 1.10. The third-order valence-electron chi connectivity index (χ3n) is 19.2. The van der Waals surface area contributed by atoms with Crippen molar-refractivity contribution in [1.82, 2.24) is 9.55 Å². The van der Waals surface area contributed by atoms with E-state index >= 15 is 0 Å². The van der Waals surface area contributed by atoms with Crippen molar-refractivity contribution in [2.24, 2.45) is 0 Å². The fourth-order valence-corrected chi connectivity index (χ4v) is 18.0. The van der Waals surface area contributed by atoms with Crippen LogP contribution in [-0.4, -0.2) is 23.0 Å². The van der Waals surface area contributed by atoms with E-state index in [1.54, 1.807) is 0 Å². The van der Waals surface area contributed by atoms with E-state index in [0.717, 1.165) is 102 Å². The minimum atomic E-state index is -0.161. The van der Waals surface area contributed by atoms with Crippen molar-refractivity contribution in [1.29, 1.82) is 0 Å². The van der Waals surface area contributed by atoms with Gasteiger partial charge in [0.25, 0.3) is 0 Å². The molecule has 0 amide bonds. The van der Waals surface area contributed by atoms with E-state index in [9.17, 15) is 0 Å². The standard InChI is InChI=1S/C85H56B2N6S2/c1-9-30-57(31-10-1)85-88-82-67(46-29-51-74(82)93(85)64-44-23-8-24-45-64)79-83-70(86-68-47-25-27-49-72(68)91(62-40-19-6-20-41-62)75-52-65(54-77(94-83)80(75)86)89(58-32-11-2-12-33-58)59-34-13-3-14-35-59)56-71-84(79)95-78-55-66(90(60-36-15-4-16-37-60)61-38-17-5-18-39-61)53-76-81(78)87(71)69-48-26-28-50-73(69)92(76)63-42-21-7-22-43-63/h1-56H. The van der Waals surface area contributed by atoms with Crippen LogP contribution in [-0.2, 0) is 0 Å². The van der Waals surface area contributed by atoms with Crippen LogP contribution in [0.1, 0.15) is 0 Å². The lowest BCUT2D eigenvalue weighted by atomic mass is 9.31. The van der Waals surface area contributed by atoms with Gasteiger partial charge in [0.2, 0.25) is 13.4 Å². The molecule has 0 saturated heterocycles. The zero-order valence-electron chi connectivity index (χ0n) is 51.5. The Labute approximate surface area is 561 Å². The van der Waals surface area contributed by atoms with E-state index in [1.165, 1.54) is 57.9 Å². The molecule has 0 spiro atoms. The van der Waals surface area contributed by atoms with Gasteiger partial charge >= 0.3 is 0 Å². The van der Waals surface area contributed by atoms with Crippen molar-refractivity contribution in [3.63, 3.8) is 0 Å². The SMILES string of the molecule is c1ccc(-c2nc3c(-c4c5c(cc6c4Sc4cc(N(c7ccccc7)c7ccccc7)cc7c4B6c4ccccc4N7c4ccccc4)B4c6ccccc6N(c6ccccc6)c6cc(N(c7ccccc7)c7ccccc7)cc(c64)S5)cccc3n2-c2ccccc2)cc1. The highest BCUT2D eigenvalue weighted by Crippen LogP contribution is 2.54. The second-order valence-corrected chi connectivity index (χ2v) is 26.6. The number of rotatable bonds is 11. The van der Waals surface area contributed by atoms with Crippen LogP contribution in [0.3, 0.4) is 0 Å². The number of hydrogen-bond acceptors (Lipinski definition) is 7. The van der Waals surface area contributed by atoms with Gasteiger partial charge in [-0.1, -0.05) is 247 Å². The van der Waals surface area contributed by atoms with Gasteiger partial charge in [0.15, 0.2) is 0 Å². The Bertz CT molecular complexity index is 5120. The summed E-state index contributed by atoms with van der Waals surface area (Å²) in [4.78, 5) is 20.7. The second kappa shape index (κ2) is 22.7. The highest BCUT2D eigenvalue weighted by Gasteiger charge is 2.48. The minimum absolute atomic E-state index is 0.161. The molecule has 444 valence electrons. The first kappa shape index (κ1) is 55.2. The first-order valence-electron chi connectivity index (χ1n) is 32.4. The summed E-state index contributed by atoms with van der Waals surface area (Å²) in [6, 6.07) is 125. The van der Waals surface area contributed by atoms with Gasteiger partial charge in [-0.25, -0.2) is 4.98 Å². The van der Waals surface area contributed by atoms with Crippen LogP contribution in [0.15, 0.2) is 359 Å². The van der Waals surface area contributed by atoms with Crippen LogP contribution in [0.4, 0.5) is 68.2 Å². The molecule has 19 rings (SSSR count). The van der Waals surface area contributed by atoms with E-state index in [2.05, 4.69) is 364 Å². The Morgan fingerprint density at radius 1 is 0.305 bits per heavy atom. The van der Waals surface area contributed by atoms with Gasteiger partial charge in [-0.05, 0) is 149 Å². The lowest BCUT2D eigenvalue weighted by Crippen LogP contribution is -2.64. The summed E-state index contributed by atoms with van der Waals surface area (Å²) in [6.07, 6.45) is 0. The van der Waals surface area contributed by atoms with Crippen molar-refractivity contribution in [2.45, 2.75) is 19.6 Å². The average Bonchev–Trinajstić information content (AvgIpc) is 0.877. The molecule has 4 aliphatic rings. The minimum Gasteiger partial charge on any atom is -0.311 e. The third kappa shape index (κ3) is 8.96. The first-order chi connectivity index (χ1) is 47.2. The van der Waals surface area contributed by atoms with Crippen LogP contribution >= 0.6 is 23.5 Å². The molecule has 1 aromatic heterocycles. The molecule has 0 radical (unpaired) electrons. The highest BCUT2D eigenvalue weighted by atomic mass is 32.2. The van der Waals surface area contributed by atoms with Crippen molar-refractivity contribution < 1.29 is 0 Å². The molecule has 0 aliphatic carbocycles. The molecule has 0 bridgehead atoms. The van der Waals surface area contributed by atoms with Crippen LogP contribution in [0.5, 0.6) is 0 Å². The Balaban J connectivity index is 0.944. The molecular weight excluding hydrogens is 1190 g/mol. The van der Waals surface area contributed by atoms with Gasteiger partial charge in [-0.2, -0.15) is 0 Å². The van der Waals surface area contributed by atoms with Gasteiger partial charge < -0.3 is 19.6 Å². The Morgan fingerprint density at radius 3 is 1.12 bits per heavy atom. The molecule has 0 unspecified atom stereocenters. The molecule has 0 atom stereocenters. The molecular formula is C85H56B2N6S2. The van der Waals surface area contributed by atoms with E-state index in [1.807, 2.05) is 23.5 Å². The quantitative estimate of drug-likeness (QED) is 0.119. The molecule has 4 aliphatic heterocycles. The molecule has 0 fully saturated rings. The monoisotopic (exact) mass is 1250 g/mol. The van der Waals surface area contributed by atoms with Crippen molar-refractivity contribution in [3.05, 3.63) is 340 Å². The van der Waals surface area contributed by atoms with E-state index in [4.69, 9.17) is 4.98 Å².